The minimum Gasteiger partial charge on any atom is -0.237 e. The lowest BCUT2D eigenvalue weighted by atomic mass is 10.2. The first-order valence-electron chi connectivity index (χ1n) is 3.04. The molecule has 0 radical (unpaired) electrons. The Morgan fingerprint density at radius 2 is 2.30 bits per heavy atom. The van der Waals surface area contributed by atoms with Gasteiger partial charge in [0.05, 0.1) is 5.69 Å². The second kappa shape index (κ2) is 2.06. The molecule has 0 atom stereocenters. The van der Waals surface area contributed by atoms with Crippen LogP contribution in [-0.4, -0.2) is 9.97 Å². The van der Waals surface area contributed by atoms with Crippen molar-refractivity contribution in [3.8, 4) is 0 Å². The normalized spacial score (nSPS) is 13.7. The van der Waals surface area contributed by atoms with Crippen molar-refractivity contribution < 1.29 is 0 Å². The Balaban J connectivity index is 2.66. The molecule has 0 saturated carbocycles. The van der Waals surface area contributed by atoms with Crippen molar-refractivity contribution in [3.63, 3.8) is 0 Å². The van der Waals surface area contributed by atoms with Crippen molar-refractivity contribution in [3.05, 3.63) is 28.8 Å². The van der Waals surface area contributed by atoms with Crippen LogP contribution in [0.3, 0.4) is 0 Å². The van der Waals surface area contributed by atoms with Crippen molar-refractivity contribution in [2.24, 2.45) is 0 Å². The van der Waals surface area contributed by atoms with E-state index in [1.807, 2.05) is 12.2 Å². The van der Waals surface area contributed by atoms with Crippen LogP contribution in [0.2, 0.25) is 5.15 Å². The number of nitrogens with zero attached hydrogens (tertiary/aromatic N) is 2. The molecule has 1 heterocycles. The maximum atomic E-state index is 5.78. The van der Waals surface area contributed by atoms with Crippen molar-refractivity contribution in [1.82, 2.24) is 9.97 Å². The predicted octanol–water partition coefficient (Wildman–Crippen LogP) is 1.70. The van der Waals surface area contributed by atoms with E-state index in [1.54, 1.807) is 0 Å². The van der Waals surface area contributed by atoms with E-state index in [1.165, 1.54) is 6.33 Å². The molecule has 2 rings (SSSR count). The van der Waals surface area contributed by atoms with Gasteiger partial charge in [-0.1, -0.05) is 17.7 Å². The van der Waals surface area contributed by atoms with E-state index in [-0.39, 0.29) is 0 Å². The molecule has 3 heteroatoms. The molecule has 2 nitrogen and oxygen atoms in total. The van der Waals surface area contributed by atoms with Gasteiger partial charge in [-0.05, 0) is 12.5 Å². The summed E-state index contributed by atoms with van der Waals surface area (Å²) in [5.74, 6) is 0. The predicted molar refractivity (Wildman–Crippen MR) is 39.8 cm³/mol. The quantitative estimate of drug-likeness (QED) is 0.529. The van der Waals surface area contributed by atoms with Gasteiger partial charge in [0.25, 0.3) is 0 Å². The molecule has 1 aromatic heterocycles. The van der Waals surface area contributed by atoms with Crippen LogP contribution >= 0.6 is 11.6 Å². The number of hydrogen-bond donors (Lipinski definition) is 0. The largest absolute Gasteiger partial charge is 0.237 e. The Labute approximate surface area is 63.6 Å². The fourth-order valence-corrected chi connectivity index (χ4v) is 1.24. The van der Waals surface area contributed by atoms with Gasteiger partial charge in [0, 0.05) is 5.56 Å². The first-order valence-corrected chi connectivity index (χ1v) is 3.41. The van der Waals surface area contributed by atoms with Crippen LogP contribution in [0.15, 0.2) is 12.4 Å². The number of fused-ring (bicyclic) bond motifs is 1. The molecule has 0 spiro atoms. The molecule has 0 saturated heterocycles. The fourth-order valence-electron chi connectivity index (χ4n) is 1.02. The third-order valence-corrected chi connectivity index (χ3v) is 1.85. The molecular formula is C7H5ClN2. The van der Waals surface area contributed by atoms with Crippen molar-refractivity contribution >= 4 is 17.7 Å². The van der Waals surface area contributed by atoms with Crippen molar-refractivity contribution in [2.75, 3.05) is 0 Å². The standard InChI is InChI=1S/C7H5ClN2/c8-7-5-2-1-3-6(5)9-4-10-7/h1,3-4H,2H2. The summed E-state index contributed by atoms with van der Waals surface area (Å²) in [4.78, 5) is 7.90. The number of rotatable bonds is 0. The number of hydrogen-bond acceptors (Lipinski definition) is 2. The van der Waals surface area contributed by atoms with E-state index in [0.29, 0.717) is 5.15 Å². The summed E-state index contributed by atoms with van der Waals surface area (Å²) in [6.45, 7) is 0. The highest BCUT2D eigenvalue weighted by Crippen LogP contribution is 2.22. The Kier molecular flexibility index (Phi) is 1.21. The maximum absolute atomic E-state index is 5.78. The highest BCUT2D eigenvalue weighted by molar-refractivity contribution is 6.30. The van der Waals surface area contributed by atoms with E-state index >= 15 is 0 Å². The second-order valence-electron chi connectivity index (χ2n) is 2.13. The van der Waals surface area contributed by atoms with Crippen molar-refractivity contribution in [1.29, 1.82) is 0 Å². The molecule has 0 unspecified atom stereocenters. The minimum atomic E-state index is 0.579. The molecule has 0 aromatic carbocycles. The van der Waals surface area contributed by atoms with Crippen LogP contribution in [0.1, 0.15) is 11.3 Å². The van der Waals surface area contributed by atoms with Gasteiger partial charge in [0.1, 0.15) is 11.5 Å². The van der Waals surface area contributed by atoms with E-state index < -0.39 is 0 Å². The van der Waals surface area contributed by atoms with Crippen LogP contribution in [0.25, 0.3) is 6.08 Å². The summed E-state index contributed by atoms with van der Waals surface area (Å²) in [5.41, 5.74) is 2.00. The molecule has 0 N–H and O–H groups in total. The lowest BCUT2D eigenvalue weighted by Gasteiger charge is -1.96. The van der Waals surface area contributed by atoms with Crippen LogP contribution < -0.4 is 0 Å². The molecule has 1 aromatic rings. The van der Waals surface area contributed by atoms with E-state index in [2.05, 4.69) is 9.97 Å². The second-order valence-corrected chi connectivity index (χ2v) is 2.49. The monoisotopic (exact) mass is 152 g/mol. The first-order chi connectivity index (χ1) is 4.88. The molecular weight excluding hydrogens is 148 g/mol. The van der Waals surface area contributed by atoms with Gasteiger partial charge in [-0.3, -0.25) is 0 Å². The number of allylic oxidation sites excluding steroid dienone is 1. The summed E-state index contributed by atoms with van der Waals surface area (Å²) in [6.07, 6.45) is 6.35. The SMILES string of the molecule is Clc1ncnc2c1CC=C2. The fraction of sp³-hybridized carbons (Fsp3) is 0.143. The smallest absolute Gasteiger partial charge is 0.136 e. The average Bonchev–Trinajstić information content (AvgIpc) is 2.36. The average molecular weight is 153 g/mol. The Morgan fingerprint density at radius 1 is 1.40 bits per heavy atom. The summed E-state index contributed by atoms with van der Waals surface area (Å²) >= 11 is 5.78. The van der Waals surface area contributed by atoms with Crippen LogP contribution in [0.5, 0.6) is 0 Å². The zero-order valence-corrected chi connectivity index (χ0v) is 5.97. The van der Waals surface area contributed by atoms with E-state index in [0.717, 1.165) is 17.7 Å². The minimum absolute atomic E-state index is 0.579. The van der Waals surface area contributed by atoms with Gasteiger partial charge in [-0.2, -0.15) is 0 Å². The Morgan fingerprint density at radius 3 is 3.10 bits per heavy atom. The van der Waals surface area contributed by atoms with Crippen LogP contribution in [0.4, 0.5) is 0 Å². The van der Waals surface area contributed by atoms with Gasteiger partial charge in [0.15, 0.2) is 0 Å². The zero-order chi connectivity index (χ0) is 6.97. The summed E-state index contributed by atoms with van der Waals surface area (Å²) in [5, 5.41) is 0.579. The molecule has 10 heavy (non-hydrogen) atoms. The molecule has 0 amide bonds. The molecule has 50 valence electrons. The van der Waals surface area contributed by atoms with Crippen LogP contribution in [-0.2, 0) is 6.42 Å². The summed E-state index contributed by atoms with van der Waals surface area (Å²) in [7, 11) is 0. The molecule has 1 aliphatic carbocycles. The van der Waals surface area contributed by atoms with Gasteiger partial charge in [-0.15, -0.1) is 0 Å². The van der Waals surface area contributed by atoms with E-state index in [4.69, 9.17) is 11.6 Å². The lowest BCUT2D eigenvalue weighted by Crippen LogP contribution is -1.89. The third-order valence-electron chi connectivity index (χ3n) is 1.52. The van der Waals surface area contributed by atoms with Gasteiger partial charge in [-0.25, -0.2) is 9.97 Å². The lowest BCUT2D eigenvalue weighted by molar-refractivity contribution is 1.10. The Bertz CT molecular complexity index is 294. The molecule has 0 bridgehead atoms. The van der Waals surface area contributed by atoms with Gasteiger partial charge in [0.2, 0.25) is 0 Å². The third kappa shape index (κ3) is 0.727. The summed E-state index contributed by atoms with van der Waals surface area (Å²) in [6, 6.07) is 0. The zero-order valence-electron chi connectivity index (χ0n) is 5.21. The van der Waals surface area contributed by atoms with Gasteiger partial charge < -0.3 is 0 Å². The molecule has 1 aliphatic rings. The summed E-state index contributed by atoms with van der Waals surface area (Å²) < 4.78 is 0. The molecule has 0 fully saturated rings. The number of aromatic nitrogens is 2. The van der Waals surface area contributed by atoms with E-state index in [9.17, 15) is 0 Å². The molecule has 0 aliphatic heterocycles. The highest BCUT2D eigenvalue weighted by atomic mass is 35.5. The van der Waals surface area contributed by atoms with Gasteiger partial charge >= 0.3 is 0 Å². The Hall–Kier alpha value is -0.890. The maximum Gasteiger partial charge on any atom is 0.136 e. The first kappa shape index (κ1) is 5.86. The van der Waals surface area contributed by atoms with Crippen LogP contribution in [0, 0.1) is 0 Å². The van der Waals surface area contributed by atoms with Crippen molar-refractivity contribution in [2.45, 2.75) is 6.42 Å². The highest BCUT2D eigenvalue weighted by Gasteiger charge is 2.09. The number of halogens is 1. The topological polar surface area (TPSA) is 25.8 Å².